The molecule has 0 fully saturated rings. The minimum atomic E-state index is -0.523. The van der Waals surface area contributed by atoms with Gasteiger partial charge in [0.05, 0.1) is 20.3 Å². The highest BCUT2D eigenvalue weighted by Gasteiger charge is 2.08. The number of halogens is 1. The van der Waals surface area contributed by atoms with E-state index in [1.54, 1.807) is 14.2 Å². The molecule has 0 aliphatic heterocycles. The van der Waals surface area contributed by atoms with Crippen LogP contribution in [0.3, 0.4) is 0 Å². The molecule has 1 rings (SSSR count). The third-order valence-corrected chi connectivity index (χ3v) is 2.45. The lowest BCUT2D eigenvalue weighted by molar-refractivity contribution is 0.198. The van der Waals surface area contributed by atoms with Crippen LogP contribution in [-0.2, 0) is 6.42 Å². The smallest absolute Gasteiger partial charge is 0.160 e. The van der Waals surface area contributed by atoms with E-state index in [0.29, 0.717) is 17.9 Å². The molecule has 0 aliphatic carbocycles. The minimum absolute atomic E-state index is 0.231. The fourth-order valence-electron chi connectivity index (χ4n) is 1.33. The quantitative estimate of drug-likeness (QED) is 0.785. The fourth-order valence-corrected chi connectivity index (χ4v) is 1.44. The maximum Gasteiger partial charge on any atom is 0.160 e. The molecule has 1 atom stereocenters. The number of aliphatic hydroxyl groups is 1. The van der Waals surface area contributed by atoms with Crippen LogP contribution in [0.2, 0.25) is 0 Å². The Balaban J connectivity index is 2.83. The molecule has 0 amide bonds. The predicted octanol–water partition coefficient (Wildman–Crippen LogP) is 1.85. The van der Waals surface area contributed by atoms with Crippen molar-refractivity contribution in [2.75, 3.05) is 20.1 Å². The monoisotopic (exact) mass is 230 g/mol. The molecular weight excluding hydrogens is 216 g/mol. The van der Waals surface area contributed by atoms with Gasteiger partial charge in [0.2, 0.25) is 0 Å². The number of benzene rings is 1. The van der Waals surface area contributed by atoms with Crippen molar-refractivity contribution in [2.45, 2.75) is 12.5 Å². The van der Waals surface area contributed by atoms with Gasteiger partial charge in [-0.2, -0.15) is 0 Å². The SMILES string of the molecule is COc1ccc(CC(O)CCl)cc1OC. The van der Waals surface area contributed by atoms with Gasteiger partial charge in [-0.15, -0.1) is 11.6 Å². The first-order valence-electron chi connectivity index (χ1n) is 4.66. The molecule has 0 aromatic heterocycles. The van der Waals surface area contributed by atoms with Gasteiger partial charge >= 0.3 is 0 Å². The van der Waals surface area contributed by atoms with Gasteiger partial charge in [-0.1, -0.05) is 6.07 Å². The van der Waals surface area contributed by atoms with E-state index >= 15 is 0 Å². The van der Waals surface area contributed by atoms with Gasteiger partial charge in [0, 0.05) is 5.88 Å². The maximum absolute atomic E-state index is 9.40. The summed E-state index contributed by atoms with van der Waals surface area (Å²) in [5.74, 6) is 1.58. The number of methoxy groups -OCH3 is 2. The average molecular weight is 231 g/mol. The zero-order chi connectivity index (χ0) is 11.3. The second-order valence-electron chi connectivity index (χ2n) is 3.20. The highest BCUT2D eigenvalue weighted by molar-refractivity contribution is 6.18. The summed E-state index contributed by atoms with van der Waals surface area (Å²) in [4.78, 5) is 0. The summed E-state index contributed by atoms with van der Waals surface area (Å²) in [5, 5.41) is 9.40. The molecule has 3 nitrogen and oxygen atoms in total. The van der Waals surface area contributed by atoms with E-state index in [4.69, 9.17) is 21.1 Å². The Hall–Kier alpha value is -0.930. The summed E-state index contributed by atoms with van der Waals surface area (Å²) >= 11 is 5.53. The second-order valence-corrected chi connectivity index (χ2v) is 3.51. The summed E-state index contributed by atoms with van der Waals surface area (Å²) in [6.45, 7) is 0. The van der Waals surface area contributed by atoms with Crippen LogP contribution in [-0.4, -0.2) is 31.3 Å². The lowest BCUT2D eigenvalue weighted by Gasteiger charge is -2.11. The molecule has 0 saturated heterocycles. The zero-order valence-corrected chi connectivity index (χ0v) is 9.62. The lowest BCUT2D eigenvalue weighted by atomic mass is 10.1. The molecule has 0 aliphatic rings. The number of ether oxygens (including phenoxy) is 2. The number of hydrogen-bond donors (Lipinski definition) is 1. The van der Waals surface area contributed by atoms with E-state index in [1.165, 1.54) is 0 Å². The number of rotatable bonds is 5. The molecule has 15 heavy (non-hydrogen) atoms. The van der Waals surface area contributed by atoms with Crippen molar-refractivity contribution >= 4 is 11.6 Å². The Morgan fingerprint density at radius 2 is 1.93 bits per heavy atom. The van der Waals surface area contributed by atoms with Gasteiger partial charge in [-0.3, -0.25) is 0 Å². The molecule has 1 aromatic rings. The van der Waals surface area contributed by atoms with Crippen LogP contribution >= 0.6 is 11.6 Å². The molecule has 1 aromatic carbocycles. The average Bonchev–Trinajstić information content (AvgIpc) is 2.28. The van der Waals surface area contributed by atoms with Crippen molar-refractivity contribution in [2.24, 2.45) is 0 Å². The van der Waals surface area contributed by atoms with E-state index in [1.807, 2.05) is 18.2 Å². The number of alkyl halides is 1. The third-order valence-electron chi connectivity index (χ3n) is 2.10. The zero-order valence-electron chi connectivity index (χ0n) is 8.87. The predicted molar refractivity (Wildman–Crippen MR) is 60.0 cm³/mol. The molecule has 0 spiro atoms. The minimum Gasteiger partial charge on any atom is -0.493 e. The van der Waals surface area contributed by atoms with Gasteiger partial charge in [0.25, 0.3) is 0 Å². The molecule has 1 unspecified atom stereocenters. The lowest BCUT2D eigenvalue weighted by Crippen LogP contribution is -2.11. The van der Waals surface area contributed by atoms with Crippen LogP contribution in [0.15, 0.2) is 18.2 Å². The largest absolute Gasteiger partial charge is 0.493 e. The van der Waals surface area contributed by atoms with Crippen molar-refractivity contribution in [3.63, 3.8) is 0 Å². The number of aliphatic hydroxyl groups excluding tert-OH is 1. The molecule has 4 heteroatoms. The van der Waals surface area contributed by atoms with Gasteiger partial charge in [0.1, 0.15) is 0 Å². The van der Waals surface area contributed by atoms with Crippen LogP contribution in [0.1, 0.15) is 5.56 Å². The Morgan fingerprint density at radius 1 is 1.27 bits per heavy atom. The van der Waals surface area contributed by atoms with Crippen molar-refractivity contribution in [1.82, 2.24) is 0 Å². The van der Waals surface area contributed by atoms with E-state index < -0.39 is 6.10 Å². The summed E-state index contributed by atoms with van der Waals surface area (Å²) < 4.78 is 10.3. The van der Waals surface area contributed by atoms with Crippen molar-refractivity contribution in [3.8, 4) is 11.5 Å². The molecular formula is C11H15ClO3. The first-order valence-corrected chi connectivity index (χ1v) is 5.19. The van der Waals surface area contributed by atoms with Crippen LogP contribution in [0, 0.1) is 0 Å². The number of hydrogen-bond acceptors (Lipinski definition) is 3. The van der Waals surface area contributed by atoms with Crippen molar-refractivity contribution < 1.29 is 14.6 Å². The maximum atomic E-state index is 9.40. The normalized spacial score (nSPS) is 12.3. The van der Waals surface area contributed by atoms with Gasteiger partial charge in [-0.05, 0) is 24.1 Å². The van der Waals surface area contributed by atoms with Gasteiger partial charge in [-0.25, -0.2) is 0 Å². The summed E-state index contributed by atoms with van der Waals surface area (Å²) in [6.07, 6.45) is -0.00565. The van der Waals surface area contributed by atoms with E-state index in [2.05, 4.69) is 0 Å². The fraction of sp³-hybridized carbons (Fsp3) is 0.455. The summed E-state index contributed by atoms with van der Waals surface area (Å²) in [5.41, 5.74) is 0.973. The van der Waals surface area contributed by atoms with E-state index in [-0.39, 0.29) is 5.88 Å². The first kappa shape index (κ1) is 12.1. The highest BCUT2D eigenvalue weighted by Crippen LogP contribution is 2.27. The molecule has 0 bridgehead atoms. The molecule has 0 heterocycles. The summed E-state index contributed by atoms with van der Waals surface area (Å²) in [6, 6.07) is 5.54. The Bertz CT molecular complexity index is 315. The van der Waals surface area contributed by atoms with Crippen LogP contribution in [0.25, 0.3) is 0 Å². The van der Waals surface area contributed by atoms with E-state index in [9.17, 15) is 5.11 Å². The van der Waals surface area contributed by atoms with Crippen LogP contribution < -0.4 is 9.47 Å². The Labute approximate surface area is 94.6 Å². The van der Waals surface area contributed by atoms with Crippen LogP contribution in [0.4, 0.5) is 0 Å². The topological polar surface area (TPSA) is 38.7 Å². The first-order chi connectivity index (χ1) is 7.21. The molecule has 0 radical (unpaired) electrons. The summed E-state index contributed by atoms with van der Waals surface area (Å²) in [7, 11) is 3.17. The van der Waals surface area contributed by atoms with Crippen LogP contribution in [0.5, 0.6) is 11.5 Å². The van der Waals surface area contributed by atoms with Gasteiger partial charge < -0.3 is 14.6 Å². The standard InChI is InChI=1S/C11H15ClO3/c1-14-10-4-3-8(5-9(13)7-12)6-11(10)15-2/h3-4,6,9,13H,5,7H2,1-2H3. The molecule has 84 valence electrons. The molecule has 0 saturated carbocycles. The van der Waals surface area contributed by atoms with Crippen molar-refractivity contribution in [1.29, 1.82) is 0 Å². The molecule has 1 N–H and O–H groups in total. The highest BCUT2D eigenvalue weighted by atomic mass is 35.5. The third kappa shape index (κ3) is 3.29. The van der Waals surface area contributed by atoms with E-state index in [0.717, 1.165) is 5.56 Å². The Morgan fingerprint density at radius 3 is 2.47 bits per heavy atom. The second kappa shape index (κ2) is 5.83. The van der Waals surface area contributed by atoms with Crippen molar-refractivity contribution in [3.05, 3.63) is 23.8 Å². The van der Waals surface area contributed by atoms with Gasteiger partial charge in [0.15, 0.2) is 11.5 Å². The Kier molecular flexibility index (Phi) is 4.72.